The quantitative estimate of drug-likeness (QED) is 0.651. The maximum atomic E-state index is 12.0. The molecular weight excluding hydrogens is 262 g/mol. The summed E-state index contributed by atoms with van der Waals surface area (Å²) in [5, 5.41) is 3.56. The number of hydrogen-bond donors (Lipinski definition) is 2. The van der Waals surface area contributed by atoms with Crippen LogP contribution in [0.2, 0.25) is 0 Å². The number of nitrogens with zero attached hydrogens (tertiary/aromatic N) is 1. The van der Waals surface area contributed by atoms with Crippen molar-refractivity contribution in [1.29, 1.82) is 0 Å². The third-order valence-corrected chi connectivity index (χ3v) is 5.13. The molecule has 0 radical (unpaired) electrons. The average Bonchev–Trinajstić information content (AvgIpc) is 3.16. The lowest BCUT2D eigenvalue weighted by atomic mass is 9.95. The van der Waals surface area contributed by atoms with Crippen LogP contribution in [0.5, 0.6) is 0 Å². The van der Waals surface area contributed by atoms with Crippen LogP contribution in [-0.2, 0) is 4.79 Å². The minimum Gasteiger partial charge on any atom is -0.368 e. The number of carbonyl (C=O) groups excluding carboxylic acids is 1. The van der Waals surface area contributed by atoms with E-state index in [1.807, 2.05) is 0 Å². The lowest BCUT2D eigenvalue weighted by Crippen LogP contribution is -2.55. The summed E-state index contributed by atoms with van der Waals surface area (Å²) in [6, 6.07) is 1.07. The lowest BCUT2D eigenvalue weighted by Gasteiger charge is -2.32. The van der Waals surface area contributed by atoms with Crippen molar-refractivity contribution in [1.82, 2.24) is 10.2 Å². The third kappa shape index (κ3) is 4.43. The maximum Gasteiger partial charge on any atom is 0.237 e. The number of unbranched alkanes of at least 4 members (excludes halogenated alkanes) is 2. The summed E-state index contributed by atoms with van der Waals surface area (Å²) in [6.07, 6.45) is 10.3. The van der Waals surface area contributed by atoms with Crippen molar-refractivity contribution in [3.63, 3.8) is 0 Å². The van der Waals surface area contributed by atoms with Crippen LogP contribution >= 0.6 is 0 Å². The largest absolute Gasteiger partial charge is 0.368 e. The number of hydrogen-bond acceptors (Lipinski definition) is 3. The molecule has 2 unspecified atom stereocenters. The van der Waals surface area contributed by atoms with Crippen molar-refractivity contribution in [2.45, 2.75) is 89.3 Å². The number of carbonyl (C=O) groups is 1. The summed E-state index contributed by atoms with van der Waals surface area (Å²) in [4.78, 5) is 14.6. The fourth-order valence-corrected chi connectivity index (χ4v) is 3.57. The normalized spacial score (nSPS) is 29.2. The molecule has 0 spiro atoms. The average molecular weight is 295 g/mol. The van der Waals surface area contributed by atoms with Gasteiger partial charge in [0.15, 0.2) is 0 Å². The molecule has 21 heavy (non-hydrogen) atoms. The van der Waals surface area contributed by atoms with Gasteiger partial charge in [-0.05, 0) is 58.0 Å². The van der Waals surface area contributed by atoms with E-state index in [2.05, 4.69) is 24.1 Å². The molecule has 0 saturated heterocycles. The minimum atomic E-state index is -0.428. The standard InChI is InChI=1S/C17H33N3O/c1-3-5-11-20(12-6-4-2)15-9-10-17(13-15,16(18)21)19-14-7-8-14/h14-15,19H,3-13H2,1-2H3,(H2,18,21). The predicted molar refractivity (Wildman–Crippen MR) is 87.1 cm³/mol. The summed E-state index contributed by atoms with van der Waals surface area (Å²) in [7, 11) is 0. The Kier molecular flexibility index (Phi) is 6.06. The highest BCUT2D eigenvalue weighted by molar-refractivity contribution is 5.85. The van der Waals surface area contributed by atoms with Gasteiger partial charge in [0, 0.05) is 12.1 Å². The van der Waals surface area contributed by atoms with Gasteiger partial charge in [-0.3, -0.25) is 4.79 Å². The molecule has 3 N–H and O–H groups in total. The van der Waals surface area contributed by atoms with Crippen LogP contribution in [0.1, 0.15) is 71.6 Å². The van der Waals surface area contributed by atoms with Gasteiger partial charge in [-0.1, -0.05) is 26.7 Å². The van der Waals surface area contributed by atoms with Crippen molar-refractivity contribution in [2.24, 2.45) is 5.73 Å². The molecule has 2 atom stereocenters. The number of nitrogens with one attached hydrogen (secondary N) is 1. The molecule has 0 heterocycles. The zero-order chi connectivity index (χ0) is 15.3. The molecule has 1 amide bonds. The van der Waals surface area contributed by atoms with Crippen LogP contribution in [-0.4, -0.2) is 41.5 Å². The topological polar surface area (TPSA) is 58.4 Å². The van der Waals surface area contributed by atoms with E-state index in [-0.39, 0.29) is 5.91 Å². The number of primary amides is 1. The van der Waals surface area contributed by atoms with E-state index in [1.54, 1.807) is 0 Å². The van der Waals surface area contributed by atoms with Gasteiger partial charge in [-0.2, -0.15) is 0 Å². The van der Waals surface area contributed by atoms with Crippen LogP contribution in [0.15, 0.2) is 0 Å². The van der Waals surface area contributed by atoms with Gasteiger partial charge in [-0.15, -0.1) is 0 Å². The first-order chi connectivity index (χ1) is 10.1. The molecule has 0 aromatic heterocycles. The molecule has 0 aromatic carbocycles. The summed E-state index contributed by atoms with van der Waals surface area (Å²) in [6.45, 7) is 6.82. The van der Waals surface area contributed by atoms with E-state index < -0.39 is 5.54 Å². The number of rotatable bonds is 10. The Labute approximate surface area is 129 Å². The first-order valence-corrected chi connectivity index (χ1v) is 8.93. The van der Waals surface area contributed by atoms with E-state index in [4.69, 9.17) is 5.73 Å². The molecule has 2 aliphatic rings. The molecule has 4 nitrogen and oxygen atoms in total. The molecular formula is C17H33N3O. The molecule has 2 rings (SSSR count). The fraction of sp³-hybridized carbons (Fsp3) is 0.941. The summed E-state index contributed by atoms with van der Waals surface area (Å²) in [5.74, 6) is -0.136. The molecule has 0 bridgehead atoms. The van der Waals surface area contributed by atoms with Gasteiger partial charge in [0.25, 0.3) is 0 Å². The van der Waals surface area contributed by atoms with Crippen molar-refractivity contribution >= 4 is 5.91 Å². The Morgan fingerprint density at radius 3 is 2.29 bits per heavy atom. The third-order valence-electron chi connectivity index (χ3n) is 5.13. The maximum absolute atomic E-state index is 12.0. The van der Waals surface area contributed by atoms with Gasteiger partial charge in [0.2, 0.25) is 5.91 Å². The molecule has 4 heteroatoms. The Morgan fingerprint density at radius 2 is 1.81 bits per heavy atom. The van der Waals surface area contributed by atoms with Gasteiger partial charge in [0.05, 0.1) is 5.54 Å². The Hall–Kier alpha value is -0.610. The zero-order valence-electron chi connectivity index (χ0n) is 13.9. The van der Waals surface area contributed by atoms with Gasteiger partial charge in [0.1, 0.15) is 0 Å². The van der Waals surface area contributed by atoms with E-state index in [0.717, 1.165) is 19.3 Å². The zero-order valence-corrected chi connectivity index (χ0v) is 13.9. The summed E-state index contributed by atoms with van der Waals surface area (Å²) >= 11 is 0. The van der Waals surface area contributed by atoms with Gasteiger partial charge < -0.3 is 16.0 Å². The van der Waals surface area contributed by atoms with Crippen LogP contribution in [0, 0.1) is 0 Å². The molecule has 122 valence electrons. The van der Waals surface area contributed by atoms with Gasteiger partial charge >= 0.3 is 0 Å². The van der Waals surface area contributed by atoms with E-state index in [9.17, 15) is 4.79 Å². The predicted octanol–water partition coefficient (Wildman–Crippen LogP) is 2.42. The van der Waals surface area contributed by atoms with Crippen molar-refractivity contribution in [3.8, 4) is 0 Å². The highest BCUT2D eigenvalue weighted by Crippen LogP contribution is 2.36. The second-order valence-electron chi connectivity index (χ2n) is 7.00. The van der Waals surface area contributed by atoms with Crippen LogP contribution < -0.4 is 11.1 Å². The SMILES string of the molecule is CCCCN(CCCC)C1CCC(NC2CC2)(C(N)=O)C1. The molecule has 2 saturated carbocycles. The van der Waals surface area contributed by atoms with Crippen molar-refractivity contribution in [3.05, 3.63) is 0 Å². The molecule has 2 fully saturated rings. The first-order valence-electron chi connectivity index (χ1n) is 8.93. The minimum absolute atomic E-state index is 0.136. The van der Waals surface area contributed by atoms with Crippen molar-refractivity contribution in [2.75, 3.05) is 13.1 Å². The van der Waals surface area contributed by atoms with Crippen molar-refractivity contribution < 1.29 is 4.79 Å². The number of amides is 1. The van der Waals surface area contributed by atoms with Crippen LogP contribution in [0.4, 0.5) is 0 Å². The lowest BCUT2D eigenvalue weighted by molar-refractivity contribution is -0.124. The van der Waals surface area contributed by atoms with Crippen LogP contribution in [0.25, 0.3) is 0 Å². The summed E-state index contributed by atoms with van der Waals surface area (Å²) in [5.41, 5.74) is 5.32. The first kappa shape index (κ1) is 16.8. The highest BCUT2D eigenvalue weighted by Gasteiger charge is 2.47. The van der Waals surface area contributed by atoms with E-state index in [0.29, 0.717) is 12.1 Å². The Bertz CT molecular complexity index is 335. The molecule has 2 aliphatic carbocycles. The van der Waals surface area contributed by atoms with E-state index in [1.165, 1.54) is 51.6 Å². The van der Waals surface area contributed by atoms with Gasteiger partial charge in [-0.25, -0.2) is 0 Å². The number of nitrogens with two attached hydrogens (primary N) is 1. The Morgan fingerprint density at radius 1 is 1.19 bits per heavy atom. The van der Waals surface area contributed by atoms with E-state index >= 15 is 0 Å². The second kappa shape index (κ2) is 7.59. The monoisotopic (exact) mass is 295 g/mol. The summed E-state index contributed by atoms with van der Waals surface area (Å²) < 4.78 is 0. The van der Waals surface area contributed by atoms with Crippen LogP contribution in [0.3, 0.4) is 0 Å². The fourth-order valence-electron chi connectivity index (χ4n) is 3.57. The smallest absolute Gasteiger partial charge is 0.237 e. The highest BCUT2D eigenvalue weighted by atomic mass is 16.1. The molecule has 0 aliphatic heterocycles. The molecule has 0 aromatic rings. The Balaban J connectivity index is 1.96. The second-order valence-corrected chi connectivity index (χ2v) is 7.00.